The largest absolute Gasteiger partial charge is 0.324 e. The topological polar surface area (TPSA) is 89.3 Å². The number of hydrogen-bond donors (Lipinski definition) is 2. The minimum absolute atomic E-state index is 0.175. The first-order valence-corrected chi connectivity index (χ1v) is 7.52. The van der Waals surface area contributed by atoms with Gasteiger partial charge in [0.1, 0.15) is 0 Å². The van der Waals surface area contributed by atoms with Crippen LogP contribution in [0.2, 0.25) is 0 Å². The lowest BCUT2D eigenvalue weighted by molar-refractivity contribution is -0.117. The average molecular weight is 270 g/mol. The van der Waals surface area contributed by atoms with Gasteiger partial charge in [0.15, 0.2) is 9.84 Å². The van der Waals surface area contributed by atoms with Crippen LogP contribution in [-0.4, -0.2) is 26.6 Å². The molecule has 1 amide bonds. The summed E-state index contributed by atoms with van der Waals surface area (Å²) in [5.41, 5.74) is 6.88. The standard InChI is InChI=1S/C12H18N2O3S/c1-4-10(13)12(15)14-11-7-9(18(3,16)17)6-5-8(11)2/h5-7,10H,4,13H2,1-3H3,(H,14,15)/t10-/m1/s1. The fraction of sp³-hybridized carbons (Fsp3) is 0.417. The maximum atomic E-state index is 11.7. The molecule has 5 nitrogen and oxygen atoms in total. The predicted octanol–water partition coefficient (Wildman–Crippen LogP) is 1.07. The lowest BCUT2D eigenvalue weighted by Crippen LogP contribution is -2.35. The summed E-state index contributed by atoms with van der Waals surface area (Å²) in [6.07, 6.45) is 1.65. The highest BCUT2D eigenvalue weighted by molar-refractivity contribution is 7.90. The fourth-order valence-electron chi connectivity index (χ4n) is 1.38. The monoisotopic (exact) mass is 270 g/mol. The minimum atomic E-state index is -3.29. The first kappa shape index (κ1) is 14.7. The lowest BCUT2D eigenvalue weighted by Gasteiger charge is -2.13. The van der Waals surface area contributed by atoms with Crippen molar-refractivity contribution in [2.24, 2.45) is 5.73 Å². The van der Waals surface area contributed by atoms with E-state index < -0.39 is 15.9 Å². The Morgan fingerprint density at radius 2 is 2.06 bits per heavy atom. The van der Waals surface area contributed by atoms with Crippen molar-refractivity contribution < 1.29 is 13.2 Å². The van der Waals surface area contributed by atoms with Gasteiger partial charge in [-0.2, -0.15) is 0 Å². The highest BCUT2D eigenvalue weighted by Crippen LogP contribution is 2.20. The van der Waals surface area contributed by atoms with Crippen molar-refractivity contribution in [2.45, 2.75) is 31.2 Å². The quantitative estimate of drug-likeness (QED) is 0.856. The van der Waals surface area contributed by atoms with Gasteiger partial charge < -0.3 is 11.1 Å². The number of rotatable bonds is 4. The number of nitrogens with two attached hydrogens (primary N) is 1. The summed E-state index contributed by atoms with van der Waals surface area (Å²) in [6.45, 7) is 3.60. The summed E-state index contributed by atoms with van der Waals surface area (Å²) in [5, 5.41) is 2.64. The molecule has 1 aromatic rings. The molecule has 0 aliphatic heterocycles. The maximum Gasteiger partial charge on any atom is 0.241 e. The Kier molecular flexibility index (Phi) is 4.48. The minimum Gasteiger partial charge on any atom is -0.324 e. The Hall–Kier alpha value is -1.40. The van der Waals surface area contributed by atoms with Crippen molar-refractivity contribution in [2.75, 3.05) is 11.6 Å². The zero-order valence-corrected chi connectivity index (χ0v) is 11.5. The summed E-state index contributed by atoms with van der Waals surface area (Å²) >= 11 is 0. The summed E-state index contributed by atoms with van der Waals surface area (Å²) in [4.78, 5) is 11.8. The highest BCUT2D eigenvalue weighted by Gasteiger charge is 2.14. The third-order valence-electron chi connectivity index (χ3n) is 2.67. The van der Waals surface area contributed by atoms with Crippen molar-refractivity contribution in [3.63, 3.8) is 0 Å². The smallest absolute Gasteiger partial charge is 0.241 e. The Balaban J connectivity index is 3.06. The molecule has 1 rings (SSSR count). The Morgan fingerprint density at radius 3 is 2.56 bits per heavy atom. The van der Waals surface area contributed by atoms with E-state index in [-0.39, 0.29) is 10.8 Å². The summed E-state index contributed by atoms with van der Waals surface area (Å²) in [7, 11) is -3.29. The molecule has 0 aliphatic carbocycles. The van der Waals surface area contributed by atoms with E-state index in [4.69, 9.17) is 5.73 Å². The number of anilines is 1. The molecule has 0 unspecified atom stereocenters. The molecule has 0 radical (unpaired) electrons. The second kappa shape index (κ2) is 5.49. The molecule has 1 atom stereocenters. The van der Waals surface area contributed by atoms with Crippen LogP contribution in [0.4, 0.5) is 5.69 Å². The molecule has 100 valence electrons. The summed E-state index contributed by atoms with van der Waals surface area (Å²) in [5.74, 6) is -0.314. The molecular weight excluding hydrogens is 252 g/mol. The summed E-state index contributed by atoms with van der Waals surface area (Å²) in [6, 6.07) is 4.03. The molecule has 18 heavy (non-hydrogen) atoms. The fourth-order valence-corrected chi connectivity index (χ4v) is 2.02. The average Bonchev–Trinajstić information content (AvgIpc) is 2.29. The van der Waals surface area contributed by atoms with Crippen molar-refractivity contribution in [3.05, 3.63) is 23.8 Å². The van der Waals surface area contributed by atoms with Gasteiger partial charge in [0.25, 0.3) is 0 Å². The number of amides is 1. The second-order valence-corrected chi connectivity index (χ2v) is 6.27. The van der Waals surface area contributed by atoms with E-state index in [1.165, 1.54) is 12.1 Å². The van der Waals surface area contributed by atoms with Crippen LogP contribution in [0.25, 0.3) is 0 Å². The van der Waals surface area contributed by atoms with Crippen LogP contribution < -0.4 is 11.1 Å². The van der Waals surface area contributed by atoms with Crippen molar-refractivity contribution in [1.82, 2.24) is 0 Å². The normalized spacial score (nSPS) is 13.1. The number of aryl methyl sites for hydroxylation is 1. The molecule has 0 bridgehead atoms. The van der Waals surface area contributed by atoms with E-state index in [0.29, 0.717) is 12.1 Å². The third kappa shape index (κ3) is 3.54. The number of hydrogen-bond acceptors (Lipinski definition) is 4. The Morgan fingerprint density at radius 1 is 1.44 bits per heavy atom. The first-order chi connectivity index (χ1) is 8.25. The molecule has 3 N–H and O–H groups in total. The van der Waals surface area contributed by atoms with Gasteiger partial charge in [-0.3, -0.25) is 4.79 Å². The molecule has 6 heteroatoms. The van der Waals surface area contributed by atoms with Gasteiger partial charge in [0.2, 0.25) is 5.91 Å². The van der Waals surface area contributed by atoms with Gasteiger partial charge in [-0.05, 0) is 31.0 Å². The van der Waals surface area contributed by atoms with Crippen LogP contribution in [0.3, 0.4) is 0 Å². The first-order valence-electron chi connectivity index (χ1n) is 5.63. The van der Waals surface area contributed by atoms with Gasteiger partial charge in [0.05, 0.1) is 10.9 Å². The van der Waals surface area contributed by atoms with Crippen molar-refractivity contribution in [3.8, 4) is 0 Å². The van der Waals surface area contributed by atoms with Crippen LogP contribution in [-0.2, 0) is 14.6 Å². The number of sulfone groups is 1. The summed E-state index contributed by atoms with van der Waals surface area (Å²) < 4.78 is 22.9. The maximum absolute atomic E-state index is 11.7. The van der Waals surface area contributed by atoms with Crippen molar-refractivity contribution in [1.29, 1.82) is 0 Å². The molecule has 0 heterocycles. The van der Waals surface area contributed by atoms with Crippen LogP contribution in [0.5, 0.6) is 0 Å². The molecule has 0 saturated heterocycles. The predicted molar refractivity (Wildman–Crippen MR) is 71.2 cm³/mol. The van der Waals surface area contributed by atoms with Gasteiger partial charge in [0, 0.05) is 11.9 Å². The van der Waals surface area contributed by atoms with Crippen LogP contribution in [0.1, 0.15) is 18.9 Å². The molecule has 0 aromatic heterocycles. The van der Waals surface area contributed by atoms with Gasteiger partial charge in [-0.25, -0.2) is 8.42 Å². The van der Waals surface area contributed by atoms with Crippen LogP contribution in [0, 0.1) is 6.92 Å². The van der Waals surface area contributed by atoms with Gasteiger partial charge in [-0.15, -0.1) is 0 Å². The van der Waals surface area contributed by atoms with Gasteiger partial charge in [-0.1, -0.05) is 13.0 Å². The van der Waals surface area contributed by atoms with E-state index in [2.05, 4.69) is 5.32 Å². The van der Waals surface area contributed by atoms with E-state index in [1.807, 2.05) is 6.92 Å². The molecule has 0 saturated carbocycles. The SMILES string of the molecule is CC[C@@H](N)C(=O)Nc1cc(S(C)(=O)=O)ccc1C. The van der Waals surface area contributed by atoms with E-state index in [0.717, 1.165) is 11.8 Å². The van der Waals surface area contributed by atoms with Gasteiger partial charge >= 0.3 is 0 Å². The van der Waals surface area contributed by atoms with E-state index in [9.17, 15) is 13.2 Å². The van der Waals surface area contributed by atoms with Crippen LogP contribution >= 0.6 is 0 Å². The molecule has 0 fully saturated rings. The second-order valence-electron chi connectivity index (χ2n) is 4.25. The molecular formula is C12H18N2O3S. The van der Waals surface area contributed by atoms with E-state index in [1.54, 1.807) is 13.0 Å². The number of nitrogens with one attached hydrogen (secondary N) is 1. The highest BCUT2D eigenvalue weighted by atomic mass is 32.2. The Labute approximate surface area is 107 Å². The van der Waals surface area contributed by atoms with E-state index >= 15 is 0 Å². The molecule has 1 aromatic carbocycles. The molecule has 0 aliphatic rings. The van der Waals surface area contributed by atoms with Crippen molar-refractivity contribution >= 4 is 21.4 Å². The van der Waals surface area contributed by atoms with Crippen LogP contribution in [0.15, 0.2) is 23.1 Å². The third-order valence-corrected chi connectivity index (χ3v) is 3.78. The zero-order valence-electron chi connectivity index (χ0n) is 10.7. The number of carbonyl (C=O) groups excluding carboxylic acids is 1. The number of benzene rings is 1. The molecule has 0 spiro atoms. The Bertz CT molecular complexity index is 552. The zero-order chi connectivity index (χ0) is 13.9. The number of carbonyl (C=O) groups is 1. The lowest BCUT2D eigenvalue weighted by atomic mass is 10.1.